The van der Waals surface area contributed by atoms with Crippen LogP contribution in [0.25, 0.3) is 20.4 Å². The second-order valence-electron chi connectivity index (χ2n) is 15.1. The molecule has 16 heteroatoms. The van der Waals surface area contributed by atoms with Crippen molar-refractivity contribution in [2.24, 2.45) is 21.8 Å². The van der Waals surface area contributed by atoms with E-state index in [1.807, 2.05) is 49.5 Å². The summed E-state index contributed by atoms with van der Waals surface area (Å²) >= 11 is 3.25. The number of aromatic nitrogens is 4. The smallest absolute Gasteiger partial charge is 0.306 e. The average molecular weight is 830 g/mol. The molecule has 3 N–H and O–H groups in total. The summed E-state index contributed by atoms with van der Waals surface area (Å²) in [7, 11) is 5.21. The minimum Gasteiger partial charge on any atom is -0.495 e. The van der Waals surface area contributed by atoms with Gasteiger partial charge in [0.25, 0.3) is 0 Å². The molecule has 0 fully saturated rings. The molecule has 0 unspecified atom stereocenters. The Morgan fingerprint density at radius 3 is 1.73 bits per heavy atom. The molecular weight excluding hydrogens is 787 g/mol. The molecule has 302 valence electrons. The van der Waals surface area contributed by atoms with Gasteiger partial charge in [-0.15, -0.1) is 22.7 Å². The highest BCUT2D eigenvalue weighted by molar-refractivity contribution is 7.19. The van der Waals surface area contributed by atoms with Crippen LogP contribution in [0.15, 0.2) is 46.9 Å². The topological polar surface area (TPSA) is 176 Å². The average Bonchev–Trinajstić information content (AvgIpc) is 4.07. The van der Waals surface area contributed by atoms with Crippen molar-refractivity contribution in [3.05, 3.63) is 80.1 Å². The number of nitrogens with one attached hydrogen (secondary N) is 2. The van der Waals surface area contributed by atoms with Gasteiger partial charge in [0.05, 0.1) is 55.4 Å². The maximum Gasteiger partial charge on any atom is 0.306 e. The van der Waals surface area contributed by atoms with Gasteiger partial charge in [0.1, 0.15) is 45.5 Å². The fourth-order valence-electron chi connectivity index (χ4n) is 8.36. The highest BCUT2D eigenvalue weighted by Crippen LogP contribution is 2.44. The minimum absolute atomic E-state index is 0.0472. The number of carboxylic acids is 1. The number of amides is 1. The van der Waals surface area contributed by atoms with Crippen molar-refractivity contribution in [3.8, 4) is 11.5 Å². The SMILES string of the molecule is CCN(C)C(=O)[C@@H]1CCc2c(sc3ncnc(Nc4cc5c(cc4OC)CN=C5)c23)C1.COc1cc2c(cc1Nc1ncnc3sc4c(c13)CC[C@@H](C(=O)O)C4)C=NC2. The molecule has 0 saturated carbocycles. The first-order valence-electron chi connectivity index (χ1n) is 19.7. The zero-order valence-corrected chi connectivity index (χ0v) is 34.8. The highest BCUT2D eigenvalue weighted by atomic mass is 32.1. The maximum absolute atomic E-state index is 12.7. The second-order valence-corrected chi connectivity index (χ2v) is 17.2. The molecule has 0 saturated heterocycles. The van der Waals surface area contributed by atoms with E-state index < -0.39 is 5.97 Å². The lowest BCUT2D eigenvalue weighted by molar-refractivity contribution is -0.142. The van der Waals surface area contributed by atoms with Crippen molar-refractivity contribution < 1.29 is 24.2 Å². The summed E-state index contributed by atoms with van der Waals surface area (Å²) in [4.78, 5) is 56.8. The Morgan fingerprint density at radius 1 is 0.763 bits per heavy atom. The molecule has 4 aliphatic rings. The van der Waals surface area contributed by atoms with E-state index in [1.165, 1.54) is 16.0 Å². The van der Waals surface area contributed by atoms with Crippen LogP contribution in [0.5, 0.6) is 11.5 Å². The van der Waals surface area contributed by atoms with Gasteiger partial charge in [-0.25, -0.2) is 19.9 Å². The number of methoxy groups -OCH3 is 2. The number of ether oxygens (including phenoxy) is 2. The van der Waals surface area contributed by atoms with E-state index >= 15 is 0 Å². The largest absolute Gasteiger partial charge is 0.495 e. The zero-order chi connectivity index (χ0) is 40.8. The molecule has 6 heterocycles. The lowest BCUT2D eigenvalue weighted by atomic mass is 9.87. The Balaban J connectivity index is 0.000000153. The van der Waals surface area contributed by atoms with E-state index in [-0.39, 0.29) is 17.7 Å². The van der Waals surface area contributed by atoms with Gasteiger partial charge in [-0.1, -0.05) is 0 Å². The van der Waals surface area contributed by atoms with Gasteiger partial charge < -0.3 is 30.1 Å². The Bertz CT molecular complexity index is 2710. The lowest BCUT2D eigenvalue weighted by Gasteiger charge is -2.26. The number of anilines is 4. The monoisotopic (exact) mass is 829 g/mol. The number of carboxylic acid groups (broad SMARTS) is 1. The van der Waals surface area contributed by atoms with E-state index in [4.69, 9.17) is 9.47 Å². The Morgan fingerprint density at radius 2 is 1.25 bits per heavy atom. The summed E-state index contributed by atoms with van der Waals surface area (Å²) in [5.41, 5.74) is 8.61. The van der Waals surface area contributed by atoms with Crippen LogP contribution in [0.3, 0.4) is 0 Å². The van der Waals surface area contributed by atoms with E-state index in [0.29, 0.717) is 25.9 Å². The number of carbonyl (C=O) groups excluding carboxylic acids is 1. The number of fused-ring (bicyclic) bond motifs is 8. The molecule has 2 aromatic carbocycles. The van der Waals surface area contributed by atoms with E-state index in [9.17, 15) is 14.7 Å². The van der Waals surface area contributed by atoms with Crippen molar-refractivity contribution in [1.82, 2.24) is 24.8 Å². The van der Waals surface area contributed by atoms with Crippen LogP contribution >= 0.6 is 22.7 Å². The summed E-state index contributed by atoms with van der Waals surface area (Å²) in [6.07, 6.45) is 11.3. The number of hydrogen-bond acceptors (Lipinski definition) is 14. The molecular formula is C43H43N9O5S2. The number of carbonyl (C=O) groups is 2. The third kappa shape index (κ3) is 7.24. The number of aliphatic imine (C=N–C) groups is 2. The number of aryl methyl sites for hydroxylation is 2. The van der Waals surface area contributed by atoms with E-state index in [1.54, 1.807) is 49.5 Å². The Hall–Kier alpha value is -6.00. The lowest BCUT2D eigenvalue weighted by Crippen LogP contribution is -2.35. The number of rotatable bonds is 9. The first kappa shape index (κ1) is 38.5. The van der Waals surface area contributed by atoms with Crippen LogP contribution in [0, 0.1) is 11.8 Å². The van der Waals surface area contributed by atoms with Gasteiger partial charge in [0.15, 0.2) is 0 Å². The molecule has 14 nitrogen and oxygen atoms in total. The van der Waals surface area contributed by atoms with Gasteiger partial charge in [-0.2, -0.15) is 0 Å². The van der Waals surface area contributed by atoms with Gasteiger partial charge in [0.2, 0.25) is 5.91 Å². The number of hydrogen-bond donors (Lipinski definition) is 3. The van der Waals surface area contributed by atoms with Crippen LogP contribution in [0.1, 0.15) is 62.9 Å². The van der Waals surface area contributed by atoms with E-state index in [0.717, 1.165) is 114 Å². The Labute approximate surface area is 348 Å². The van der Waals surface area contributed by atoms with Crippen molar-refractivity contribution in [1.29, 1.82) is 0 Å². The molecule has 0 radical (unpaired) electrons. The summed E-state index contributed by atoms with van der Waals surface area (Å²) in [5.74, 6) is 2.26. The van der Waals surface area contributed by atoms with Crippen LogP contribution in [-0.4, -0.2) is 82.1 Å². The van der Waals surface area contributed by atoms with Gasteiger partial charge in [-0.05, 0) is 103 Å². The highest BCUT2D eigenvalue weighted by Gasteiger charge is 2.31. The summed E-state index contributed by atoms with van der Waals surface area (Å²) < 4.78 is 11.2. The molecule has 0 spiro atoms. The Kier molecular flexibility index (Phi) is 10.4. The first-order chi connectivity index (χ1) is 28.7. The fraction of sp³-hybridized carbons (Fsp3) is 0.349. The van der Waals surface area contributed by atoms with Crippen LogP contribution in [0.4, 0.5) is 23.0 Å². The number of benzene rings is 2. The number of thiophene rings is 2. The predicted octanol–water partition coefficient (Wildman–Crippen LogP) is 7.52. The second kappa shape index (κ2) is 16.0. The maximum atomic E-state index is 12.7. The van der Waals surface area contributed by atoms with Gasteiger partial charge in [0, 0.05) is 41.7 Å². The molecule has 1 amide bonds. The molecule has 4 aromatic heterocycles. The van der Waals surface area contributed by atoms with Crippen molar-refractivity contribution in [2.45, 2.75) is 58.5 Å². The minimum atomic E-state index is -0.725. The van der Waals surface area contributed by atoms with Crippen molar-refractivity contribution >= 4 is 90.4 Å². The third-order valence-electron chi connectivity index (χ3n) is 11.7. The summed E-state index contributed by atoms with van der Waals surface area (Å²) in [6.45, 7) is 4.11. The molecule has 0 bridgehead atoms. The van der Waals surface area contributed by atoms with Crippen molar-refractivity contribution in [3.63, 3.8) is 0 Å². The van der Waals surface area contributed by atoms with Gasteiger partial charge >= 0.3 is 5.97 Å². The van der Waals surface area contributed by atoms with Gasteiger partial charge in [-0.3, -0.25) is 19.6 Å². The standard InChI is InChI=1S/C23H25N5O2S.C20H18N4O3S/c1-4-28(2)23(29)13-5-6-16-19(9-13)31-22-20(16)21(25-12-26-22)27-17-7-14-10-24-11-15(14)8-18(17)30-3;1-27-15-5-12-8-21-7-11(12)4-14(15)24-18-17-13-3-2-10(20(25)26)6-16(13)28-19(17)23-9-22-18/h7-8,10,12-13H,4-6,9,11H2,1-3H3,(H,25,26,27);4-5,7,9-10H,2-3,6,8H2,1H3,(H,25,26)(H,22,23,24)/t13-;10-/m11/s1. The summed E-state index contributed by atoms with van der Waals surface area (Å²) in [6, 6.07) is 8.13. The fourth-order valence-corrected chi connectivity index (χ4v) is 10.9. The first-order valence-corrected chi connectivity index (χ1v) is 21.3. The van der Waals surface area contributed by atoms with Crippen LogP contribution in [-0.2, 0) is 48.4 Å². The van der Waals surface area contributed by atoms with Crippen LogP contribution < -0.4 is 20.1 Å². The molecule has 6 aromatic rings. The van der Waals surface area contributed by atoms with Crippen molar-refractivity contribution in [2.75, 3.05) is 38.4 Å². The quantitative estimate of drug-likeness (QED) is 0.131. The normalized spacial score (nSPS) is 17.1. The third-order valence-corrected chi connectivity index (χ3v) is 14.0. The summed E-state index contributed by atoms with van der Waals surface area (Å²) in [5, 5.41) is 18.3. The molecule has 2 atom stereocenters. The molecule has 2 aliphatic heterocycles. The van der Waals surface area contributed by atoms with E-state index in [2.05, 4.69) is 46.6 Å². The number of aliphatic carboxylic acids is 1. The zero-order valence-electron chi connectivity index (χ0n) is 33.2. The molecule has 59 heavy (non-hydrogen) atoms. The predicted molar refractivity (Wildman–Crippen MR) is 232 cm³/mol. The number of nitrogens with zero attached hydrogens (tertiary/aromatic N) is 7. The molecule has 10 rings (SSSR count). The van der Waals surface area contributed by atoms with Crippen LogP contribution in [0.2, 0.25) is 0 Å². The molecule has 2 aliphatic carbocycles.